The number of rotatable bonds is 5. The van der Waals surface area contributed by atoms with Crippen molar-refractivity contribution >= 4 is 5.71 Å². The molecule has 0 radical (unpaired) electrons. The number of hydrogen-bond acceptors (Lipinski definition) is 1. The molecule has 0 N–H and O–H groups in total. The van der Waals surface area contributed by atoms with E-state index in [2.05, 4.69) is 69.3 Å². The molecule has 0 saturated heterocycles. The van der Waals surface area contributed by atoms with Crippen molar-refractivity contribution in [1.29, 1.82) is 0 Å². The Kier molecular flexibility index (Phi) is 5.51. The highest BCUT2D eigenvalue weighted by Gasteiger charge is 2.07. The van der Waals surface area contributed by atoms with Crippen LogP contribution in [0.25, 0.3) is 0 Å². The van der Waals surface area contributed by atoms with Crippen LogP contribution in [0.5, 0.6) is 0 Å². The molecule has 0 amide bonds. The first-order valence-electron chi connectivity index (χ1n) is 7.64. The molecule has 0 bridgehead atoms. The van der Waals surface area contributed by atoms with E-state index in [9.17, 15) is 0 Å². The average Bonchev–Trinajstić information content (AvgIpc) is 2.55. The fourth-order valence-electron chi connectivity index (χ4n) is 2.50. The van der Waals surface area contributed by atoms with Crippen molar-refractivity contribution < 1.29 is 0 Å². The third-order valence-electron chi connectivity index (χ3n) is 3.74. The molecule has 0 aliphatic rings. The van der Waals surface area contributed by atoms with Crippen LogP contribution in [-0.4, -0.2) is 5.71 Å². The summed E-state index contributed by atoms with van der Waals surface area (Å²) in [7, 11) is 0. The van der Waals surface area contributed by atoms with Gasteiger partial charge in [0.1, 0.15) is 0 Å². The Morgan fingerprint density at radius 2 is 1.19 bits per heavy atom. The van der Waals surface area contributed by atoms with Crippen LogP contribution >= 0.6 is 0 Å². The van der Waals surface area contributed by atoms with Crippen LogP contribution in [0.15, 0.2) is 76.9 Å². The van der Waals surface area contributed by atoms with Crippen molar-refractivity contribution in [3.8, 4) is 0 Å². The zero-order chi connectivity index (χ0) is 15.1. The molecular weight excluding hydrogens is 254 g/mol. The van der Waals surface area contributed by atoms with E-state index in [1.807, 2.05) is 12.1 Å². The molecule has 2 rings (SSSR count). The van der Waals surface area contributed by atoms with Gasteiger partial charge in [0.05, 0.1) is 5.71 Å². The van der Waals surface area contributed by atoms with Gasteiger partial charge < -0.3 is 0 Å². The summed E-state index contributed by atoms with van der Waals surface area (Å²) in [5, 5.41) is 0. The molecule has 1 heteroatoms. The summed E-state index contributed by atoms with van der Waals surface area (Å²) < 4.78 is 0. The second-order valence-corrected chi connectivity index (χ2v) is 5.09. The Bertz CT molecular complexity index is 574. The summed E-state index contributed by atoms with van der Waals surface area (Å²) in [6.07, 6.45) is 2.12. The lowest BCUT2D eigenvalue weighted by Crippen LogP contribution is -2.04. The van der Waals surface area contributed by atoms with Crippen molar-refractivity contribution in [2.75, 3.05) is 0 Å². The van der Waals surface area contributed by atoms with Crippen molar-refractivity contribution in [3.05, 3.63) is 83.1 Å². The highest BCUT2D eigenvalue weighted by atomic mass is 14.8. The van der Waals surface area contributed by atoms with Gasteiger partial charge >= 0.3 is 0 Å². The molecule has 0 unspecified atom stereocenters. The SMILES string of the molecule is CCC(CC)=C(C)N=C(c1ccccc1)c1ccccc1. The lowest BCUT2D eigenvalue weighted by Gasteiger charge is -2.10. The van der Waals surface area contributed by atoms with Gasteiger partial charge in [-0.3, -0.25) is 4.99 Å². The summed E-state index contributed by atoms with van der Waals surface area (Å²) in [4.78, 5) is 4.96. The summed E-state index contributed by atoms with van der Waals surface area (Å²) in [5.74, 6) is 0. The van der Waals surface area contributed by atoms with Crippen LogP contribution in [0.2, 0.25) is 0 Å². The Balaban J connectivity index is 2.55. The predicted molar refractivity (Wildman–Crippen MR) is 91.8 cm³/mol. The lowest BCUT2D eigenvalue weighted by atomic mass is 10.0. The van der Waals surface area contributed by atoms with Crippen molar-refractivity contribution in [2.24, 2.45) is 4.99 Å². The van der Waals surface area contributed by atoms with Gasteiger partial charge in [0.25, 0.3) is 0 Å². The average molecular weight is 277 g/mol. The molecule has 0 aliphatic heterocycles. The molecule has 1 nitrogen and oxygen atoms in total. The third kappa shape index (κ3) is 3.91. The molecular formula is C20H23N. The van der Waals surface area contributed by atoms with Crippen LogP contribution in [0, 0.1) is 0 Å². The van der Waals surface area contributed by atoms with Crippen LogP contribution in [0.1, 0.15) is 44.7 Å². The number of hydrogen-bond donors (Lipinski definition) is 0. The summed E-state index contributed by atoms with van der Waals surface area (Å²) in [5.41, 5.74) is 5.93. The van der Waals surface area contributed by atoms with Crippen LogP contribution in [0.3, 0.4) is 0 Å². The highest BCUT2D eigenvalue weighted by Crippen LogP contribution is 2.18. The number of benzene rings is 2. The first-order chi connectivity index (χ1) is 10.3. The lowest BCUT2D eigenvalue weighted by molar-refractivity contribution is 0.937. The molecule has 2 aromatic carbocycles. The second-order valence-electron chi connectivity index (χ2n) is 5.09. The summed E-state index contributed by atoms with van der Waals surface area (Å²) >= 11 is 0. The van der Waals surface area contributed by atoms with Crippen LogP contribution in [0.4, 0.5) is 0 Å². The van der Waals surface area contributed by atoms with Crippen LogP contribution < -0.4 is 0 Å². The number of aliphatic imine (C=N–C) groups is 1. The quantitative estimate of drug-likeness (QED) is 0.629. The minimum absolute atomic E-state index is 1.05. The summed E-state index contributed by atoms with van der Waals surface area (Å²) in [6, 6.07) is 20.8. The number of nitrogens with zero attached hydrogens (tertiary/aromatic N) is 1. The van der Waals surface area contributed by atoms with E-state index < -0.39 is 0 Å². The van der Waals surface area contributed by atoms with Gasteiger partial charge in [-0.15, -0.1) is 0 Å². The fraction of sp³-hybridized carbons (Fsp3) is 0.250. The first-order valence-corrected chi connectivity index (χ1v) is 7.64. The molecule has 0 atom stereocenters. The van der Waals surface area contributed by atoms with E-state index in [1.165, 1.54) is 5.57 Å². The standard InChI is InChI=1S/C20H23N/c1-4-17(5-2)16(3)21-20(18-12-8-6-9-13-18)19-14-10-7-11-15-19/h6-15H,4-5H2,1-3H3. The van der Waals surface area contributed by atoms with Crippen molar-refractivity contribution in [3.63, 3.8) is 0 Å². The van der Waals surface area contributed by atoms with E-state index in [0.717, 1.165) is 35.4 Å². The minimum atomic E-state index is 1.05. The highest BCUT2D eigenvalue weighted by molar-refractivity contribution is 6.13. The van der Waals surface area contributed by atoms with Gasteiger partial charge in [-0.2, -0.15) is 0 Å². The maximum atomic E-state index is 4.96. The molecule has 21 heavy (non-hydrogen) atoms. The predicted octanol–water partition coefficient (Wildman–Crippen LogP) is 5.62. The molecule has 0 saturated carbocycles. The molecule has 108 valence electrons. The van der Waals surface area contributed by atoms with Gasteiger partial charge in [0.15, 0.2) is 0 Å². The molecule has 0 aliphatic carbocycles. The van der Waals surface area contributed by atoms with Crippen LogP contribution in [-0.2, 0) is 0 Å². The second kappa shape index (κ2) is 7.58. The Labute approximate surface area is 128 Å². The molecule has 0 heterocycles. The van der Waals surface area contributed by atoms with E-state index >= 15 is 0 Å². The topological polar surface area (TPSA) is 12.4 Å². The zero-order valence-corrected chi connectivity index (χ0v) is 13.1. The summed E-state index contributed by atoms with van der Waals surface area (Å²) in [6.45, 7) is 6.51. The van der Waals surface area contributed by atoms with Gasteiger partial charge in [-0.1, -0.05) is 74.5 Å². The van der Waals surface area contributed by atoms with Crippen molar-refractivity contribution in [2.45, 2.75) is 33.6 Å². The van der Waals surface area contributed by atoms with Gasteiger partial charge in [0.2, 0.25) is 0 Å². The number of allylic oxidation sites excluding steroid dienone is 2. The zero-order valence-electron chi connectivity index (χ0n) is 13.1. The Hall–Kier alpha value is -2.15. The first kappa shape index (κ1) is 15.2. The van der Waals surface area contributed by atoms with E-state index in [4.69, 9.17) is 4.99 Å². The van der Waals surface area contributed by atoms with E-state index in [0.29, 0.717) is 0 Å². The fourth-order valence-corrected chi connectivity index (χ4v) is 2.50. The largest absolute Gasteiger partial charge is 0.253 e. The molecule has 0 spiro atoms. The van der Waals surface area contributed by atoms with E-state index in [1.54, 1.807) is 0 Å². The van der Waals surface area contributed by atoms with Gasteiger partial charge in [-0.05, 0) is 25.3 Å². The third-order valence-corrected chi connectivity index (χ3v) is 3.74. The Morgan fingerprint density at radius 1 is 0.762 bits per heavy atom. The smallest absolute Gasteiger partial charge is 0.0777 e. The molecule has 0 aromatic heterocycles. The Morgan fingerprint density at radius 3 is 1.57 bits per heavy atom. The normalized spacial score (nSPS) is 10.0. The van der Waals surface area contributed by atoms with Crippen molar-refractivity contribution in [1.82, 2.24) is 0 Å². The molecule has 0 fully saturated rings. The monoisotopic (exact) mass is 277 g/mol. The molecule has 2 aromatic rings. The maximum absolute atomic E-state index is 4.96. The van der Waals surface area contributed by atoms with E-state index in [-0.39, 0.29) is 0 Å². The minimum Gasteiger partial charge on any atom is -0.253 e. The van der Waals surface area contributed by atoms with Gasteiger partial charge in [0, 0.05) is 16.8 Å². The maximum Gasteiger partial charge on any atom is 0.0777 e. The van der Waals surface area contributed by atoms with Gasteiger partial charge in [-0.25, -0.2) is 0 Å².